The van der Waals surface area contributed by atoms with Gasteiger partial charge in [-0.05, 0) is 13.8 Å². The highest BCUT2D eigenvalue weighted by molar-refractivity contribution is 5.55. The van der Waals surface area contributed by atoms with E-state index < -0.39 is 0 Å². The first kappa shape index (κ1) is 8.01. The zero-order chi connectivity index (χ0) is 7.28. The molecule has 0 saturated heterocycles. The van der Waals surface area contributed by atoms with Crippen LogP contribution in [0.2, 0.25) is 0 Å². The number of aliphatic imine (C=N–C) groups is 1. The van der Waals surface area contributed by atoms with Crippen molar-refractivity contribution in [2.75, 3.05) is 7.11 Å². The third kappa shape index (κ3) is 2.74. The third-order valence-corrected chi connectivity index (χ3v) is 0.935. The number of hydrogen-bond acceptors (Lipinski definition) is 3. The molecule has 0 aliphatic carbocycles. The first-order valence-corrected chi connectivity index (χ1v) is 2.71. The van der Waals surface area contributed by atoms with Crippen molar-refractivity contribution in [1.82, 2.24) is 0 Å². The SMILES string of the molecule is CC=N/C(N)=C(\C)OC. The first-order valence-electron chi connectivity index (χ1n) is 2.71. The van der Waals surface area contributed by atoms with Crippen molar-refractivity contribution in [2.45, 2.75) is 13.8 Å². The molecule has 0 aromatic heterocycles. The predicted octanol–water partition coefficient (Wildman–Crippen LogP) is 0.871. The Morgan fingerprint density at radius 2 is 2.22 bits per heavy atom. The van der Waals surface area contributed by atoms with Gasteiger partial charge < -0.3 is 10.5 Å². The van der Waals surface area contributed by atoms with Gasteiger partial charge in [-0.3, -0.25) is 0 Å². The summed E-state index contributed by atoms with van der Waals surface area (Å²) in [5.41, 5.74) is 5.39. The minimum absolute atomic E-state index is 0.431. The summed E-state index contributed by atoms with van der Waals surface area (Å²) in [5.74, 6) is 1.08. The number of nitrogens with zero attached hydrogens (tertiary/aromatic N) is 1. The smallest absolute Gasteiger partial charge is 0.161 e. The Labute approximate surface area is 55.2 Å². The van der Waals surface area contributed by atoms with Gasteiger partial charge in [0.05, 0.1) is 7.11 Å². The highest BCUT2D eigenvalue weighted by Gasteiger charge is 1.90. The zero-order valence-corrected chi connectivity index (χ0v) is 6.01. The van der Waals surface area contributed by atoms with E-state index in [1.165, 1.54) is 0 Å². The summed E-state index contributed by atoms with van der Waals surface area (Å²) in [6.45, 7) is 3.57. The Bertz CT molecular complexity index is 138. The minimum Gasteiger partial charge on any atom is -0.498 e. The van der Waals surface area contributed by atoms with Crippen molar-refractivity contribution in [3.63, 3.8) is 0 Å². The number of methoxy groups -OCH3 is 1. The van der Waals surface area contributed by atoms with Crippen molar-refractivity contribution < 1.29 is 4.74 Å². The van der Waals surface area contributed by atoms with Gasteiger partial charge in [-0.15, -0.1) is 0 Å². The fraction of sp³-hybridized carbons (Fsp3) is 0.500. The maximum absolute atomic E-state index is 5.39. The lowest BCUT2D eigenvalue weighted by molar-refractivity contribution is 0.288. The fourth-order valence-electron chi connectivity index (χ4n) is 0.335. The standard InChI is InChI=1S/C6H12N2O/c1-4-8-6(7)5(2)9-3/h4H,7H2,1-3H3/b6-5+,8-4?. The van der Waals surface area contributed by atoms with Gasteiger partial charge in [0.2, 0.25) is 0 Å². The van der Waals surface area contributed by atoms with E-state index in [0.717, 1.165) is 0 Å². The summed E-state index contributed by atoms with van der Waals surface area (Å²) in [6, 6.07) is 0. The molecule has 3 nitrogen and oxygen atoms in total. The van der Waals surface area contributed by atoms with Crippen molar-refractivity contribution in [2.24, 2.45) is 10.7 Å². The summed E-state index contributed by atoms with van der Waals surface area (Å²) >= 11 is 0. The summed E-state index contributed by atoms with van der Waals surface area (Å²) in [6.07, 6.45) is 1.62. The Balaban J connectivity index is 4.10. The summed E-state index contributed by atoms with van der Waals surface area (Å²) in [4.78, 5) is 3.80. The molecule has 0 aliphatic rings. The lowest BCUT2D eigenvalue weighted by Crippen LogP contribution is -1.98. The van der Waals surface area contributed by atoms with Gasteiger partial charge in [0, 0.05) is 6.21 Å². The average molecular weight is 128 g/mol. The zero-order valence-electron chi connectivity index (χ0n) is 6.01. The summed E-state index contributed by atoms with van der Waals surface area (Å²) in [7, 11) is 1.56. The van der Waals surface area contributed by atoms with Gasteiger partial charge in [0.15, 0.2) is 5.82 Å². The van der Waals surface area contributed by atoms with Crippen LogP contribution in [0.15, 0.2) is 16.6 Å². The monoisotopic (exact) mass is 128 g/mol. The van der Waals surface area contributed by atoms with Gasteiger partial charge in [0.25, 0.3) is 0 Å². The molecule has 0 radical (unpaired) electrons. The second-order valence-corrected chi connectivity index (χ2v) is 1.53. The molecule has 0 bridgehead atoms. The van der Waals surface area contributed by atoms with E-state index in [1.54, 1.807) is 27.2 Å². The van der Waals surface area contributed by atoms with Crippen LogP contribution in [0.1, 0.15) is 13.8 Å². The van der Waals surface area contributed by atoms with Gasteiger partial charge >= 0.3 is 0 Å². The number of nitrogens with two attached hydrogens (primary N) is 1. The molecule has 0 rings (SSSR count). The molecule has 0 aromatic rings. The molecule has 0 fully saturated rings. The van der Waals surface area contributed by atoms with Crippen LogP contribution in [0.25, 0.3) is 0 Å². The van der Waals surface area contributed by atoms with Gasteiger partial charge in [-0.25, -0.2) is 4.99 Å². The van der Waals surface area contributed by atoms with Gasteiger partial charge in [-0.2, -0.15) is 0 Å². The highest BCUT2D eigenvalue weighted by atomic mass is 16.5. The second kappa shape index (κ2) is 3.95. The molecule has 3 heteroatoms. The van der Waals surface area contributed by atoms with Crippen LogP contribution in [0, 0.1) is 0 Å². The van der Waals surface area contributed by atoms with E-state index >= 15 is 0 Å². The van der Waals surface area contributed by atoms with E-state index in [1.807, 2.05) is 0 Å². The second-order valence-electron chi connectivity index (χ2n) is 1.53. The molecule has 0 atom stereocenters. The number of hydrogen-bond donors (Lipinski definition) is 1. The van der Waals surface area contributed by atoms with Crippen LogP contribution >= 0.6 is 0 Å². The van der Waals surface area contributed by atoms with E-state index in [4.69, 9.17) is 10.5 Å². The Morgan fingerprint density at radius 1 is 1.67 bits per heavy atom. The van der Waals surface area contributed by atoms with E-state index in [0.29, 0.717) is 11.6 Å². The Kier molecular flexibility index (Phi) is 3.51. The Hall–Kier alpha value is -0.990. The quantitative estimate of drug-likeness (QED) is 0.443. The van der Waals surface area contributed by atoms with Crippen molar-refractivity contribution in [3.8, 4) is 0 Å². The molecular weight excluding hydrogens is 116 g/mol. The number of ether oxygens (including phenoxy) is 1. The topological polar surface area (TPSA) is 47.6 Å². The van der Waals surface area contributed by atoms with Crippen molar-refractivity contribution >= 4 is 6.21 Å². The van der Waals surface area contributed by atoms with E-state index in [-0.39, 0.29) is 0 Å². The highest BCUT2D eigenvalue weighted by Crippen LogP contribution is 1.97. The minimum atomic E-state index is 0.431. The van der Waals surface area contributed by atoms with Crippen LogP contribution in [-0.2, 0) is 4.74 Å². The molecule has 0 saturated carbocycles. The van der Waals surface area contributed by atoms with E-state index in [9.17, 15) is 0 Å². The lowest BCUT2D eigenvalue weighted by atomic mass is 10.5. The van der Waals surface area contributed by atoms with Gasteiger partial charge in [-0.1, -0.05) is 0 Å². The summed E-state index contributed by atoms with van der Waals surface area (Å²) in [5, 5.41) is 0. The molecule has 0 aliphatic heterocycles. The van der Waals surface area contributed by atoms with Crippen LogP contribution in [-0.4, -0.2) is 13.3 Å². The maximum Gasteiger partial charge on any atom is 0.161 e. The molecule has 0 spiro atoms. The molecule has 9 heavy (non-hydrogen) atoms. The van der Waals surface area contributed by atoms with Crippen LogP contribution in [0.4, 0.5) is 0 Å². The predicted molar refractivity (Wildman–Crippen MR) is 38.1 cm³/mol. The molecular formula is C6H12N2O. The van der Waals surface area contributed by atoms with E-state index in [2.05, 4.69) is 4.99 Å². The number of allylic oxidation sites excluding steroid dienone is 1. The van der Waals surface area contributed by atoms with Gasteiger partial charge in [0.1, 0.15) is 5.76 Å². The molecule has 0 aromatic carbocycles. The Morgan fingerprint density at radius 3 is 2.56 bits per heavy atom. The fourth-order valence-corrected chi connectivity index (χ4v) is 0.335. The van der Waals surface area contributed by atoms with Crippen LogP contribution in [0.3, 0.4) is 0 Å². The van der Waals surface area contributed by atoms with Crippen LogP contribution in [0.5, 0.6) is 0 Å². The molecule has 0 heterocycles. The van der Waals surface area contributed by atoms with Crippen molar-refractivity contribution in [1.29, 1.82) is 0 Å². The number of rotatable bonds is 2. The molecule has 0 unspecified atom stereocenters. The molecule has 52 valence electrons. The maximum atomic E-state index is 5.39. The average Bonchev–Trinajstić information content (AvgIpc) is 1.87. The molecule has 0 amide bonds. The lowest BCUT2D eigenvalue weighted by Gasteiger charge is -1.98. The van der Waals surface area contributed by atoms with Crippen molar-refractivity contribution in [3.05, 3.63) is 11.6 Å². The van der Waals surface area contributed by atoms with Crippen LogP contribution < -0.4 is 5.73 Å². The normalized spacial score (nSPS) is 13.7. The summed E-state index contributed by atoms with van der Waals surface area (Å²) < 4.78 is 4.81. The largest absolute Gasteiger partial charge is 0.498 e. The molecule has 2 N–H and O–H groups in total. The first-order chi connectivity index (χ1) is 4.22. The third-order valence-electron chi connectivity index (χ3n) is 0.935.